The van der Waals surface area contributed by atoms with E-state index >= 15 is 0 Å². The molecule has 3 atom stereocenters. The van der Waals surface area contributed by atoms with Crippen LogP contribution in [0, 0.1) is 17.3 Å². The molecule has 0 bridgehead atoms. The van der Waals surface area contributed by atoms with Crippen LogP contribution in [-0.4, -0.2) is 37.1 Å². The van der Waals surface area contributed by atoms with Crippen molar-refractivity contribution < 1.29 is 28.9 Å². The van der Waals surface area contributed by atoms with Crippen LogP contribution in [0.5, 0.6) is 0 Å². The van der Waals surface area contributed by atoms with E-state index < -0.39 is 23.6 Å². The average molecular weight is 310 g/mol. The van der Waals surface area contributed by atoms with E-state index in [2.05, 4.69) is 0 Å². The van der Waals surface area contributed by atoms with Gasteiger partial charge in [-0.25, -0.2) is 4.79 Å². The van der Waals surface area contributed by atoms with Crippen LogP contribution >= 0.6 is 0 Å². The summed E-state index contributed by atoms with van der Waals surface area (Å²) in [6, 6.07) is 0. The molecule has 6 heteroatoms. The smallest absolute Gasteiger partial charge is 0.337 e. The highest BCUT2D eigenvalue weighted by Gasteiger charge is 2.44. The largest absolute Gasteiger partial charge is 0.472 e. The molecule has 0 unspecified atom stereocenters. The lowest BCUT2D eigenvalue weighted by Crippen LogP contribution is -2.36. The van der Waals surface area contributed by atoms with Crippen LogP contribution in [0.1, 0.15) is 27.2 Å². The van der Waals surface area contributed by atoms with E-state index in [4.69, 9.17) is 14.2 Å². The second-order valence-corrected chi connectivity index (χ2v) is 6.56. The summed E-state index contributed by atoms with van der Waals surface area (Å²) in [4.78, 5) is 23.6. The summed E-state index contributed by atoms with van der Waals surface area (Å²) >= 11 is 0. The first-order chi connectivity index (χ1) is 10.3. The molecule has 22 heavy (non-hydrogen) atoms. The molecule has 0 amide bonds. The van der Waals surface area contributed by atoms with Crippen LogP contribution in [0.2, 0.25) is 0 Å². The minimum atomic E-state index is -1.06. The lowest BCUT2D eigenvalue weighted by Gasteiger charge is -2.32. The third kappa shape index (κ3) is 3.16. The van der Waals surface area contributed by atoms with Crippen molar-refractivity contribution in [3.05, 3.63) is 23.5 Å². The Hall–Kier alpha value is -1.82. The zero-order chi connectivity index (χ0) is 16.5. The Balaban J connectivity index is 2.07. The summed E-state index contributed by atoms with van der Waals surface area (Å²) < 4.78 is 15.2. The van der Waals surface area contributed by atoms with Gasteiger partial charge in [0.15, 0.2) is 0 Å². The van der Waals surface area contributed by atoms with E-state index in [1.54, 1.807) is 20.8 Å². The Morgan fingerprint density at radius 1 is 1.41 bits per heavy atom. The molecule has 0 saturated carbocycles. The molecule has 1 aliphatic carbocycles. The number of carbonyl (C=O) groups excluding carboxylic acids is 2. The van der Waals surface area contributed by atoms with Gasteiger partial charge in [-0.2, -0.15) is 0 Å². The Morgan fingerprint density at radius 3 is 2.68 bits per heavy atom. The minimum absolute atomic E-state index is 0.0894. The van der Waals surface area contributed by atoms with Crippen LogP contribution in [0.4, 0.5) is 0 Å². The van der Waals surface area contributed by atoms with Crippen LogP contribution in [-0.2, 0) is 23.8 Å². The fourth-order valence-corrected chi connectivity index (χ4v) is 2.67. The first-order valence-corrected chi connectivity index (χ1v) is 7.23. The highest BCUT2D eigenvalue weighted by molar-refractivity contribution is 5.89. The zero-order valence-electron chi connectivity index (χ0n) is 13.3. The molecule has 0 saturated heterocycles. The van der Waals surface area contributed by atoms with E-state index in [1.807, 2.05) is 6.08 Å². The first kappa shape index (κ1) is 16.5. The molecule has 1 heterocycles. The summed E-state index contributed by atoms with van der Waals surface area (Å²) in [6.07, 6.45) is 2.67. The number of ether oxygens (including phenoxy) is 3. The average Bonchev–Trinajstić information content (AvgIpc) is 2.88. The maximum Gasteiger partial charge on any atom is 0.337 e. The second kappa shape index (κ2) is 6.12. The Morgan fingerprint density at radius 2 is 2.09 bits per heavy atom. The van der Waals surface area contributed by atoms with Gasteiger partial charge in [0.05, 0.1) is 30.3 Å². The summed E-state index contributed by atoms with van der Waals surface area (Å²) in [5.74, 6) is -1.39. The highest BCUT2D eigenvalue weighted by atomic mass is 16.6. The van der Waals surface area contributed by atoms with Gasteiger partial charge in [-0.1, -0.05) is 6.08 Å². The number of aliphatic hydroxyl groups is 1. The van der Waals surface area contributed by atoms with Gasteiger partial charge < -0.3 is 19.3 Å². The molecule has 0 radical (unpaired) electrons. The second-order valence-electron chi connectivity index (χ2n) is 6.56. The van der Waals surface area contributed by atoms with E-state index in [1.165, 1.54) is 13.4 Å². The van der Waals surface area contributed by atoms with Gasteiger partial charge >= 0.3 is 11.9 Å². The van der Waals surface area contributed by atoms with Crippen molar-refractivity contribution in [2.24, 2.45) is 17.3 Å². The van der Waals surface area contributed by atoms with Gasteiger partial charge in [0.1, 0.15) is 6.61 Å². The Kier molecular flexibility index (Phi) is 4.60. The number of hydrogen-bond donors (Lipinski definition) is 1. The number of esters is 2. The molecule has 6 nitrogen and oxygen atoms in total. The predicted octanol–water partition coefficient (Wildman–Crippen LogP) is 1.54. The summed E-state index contributed by atoms with van der Waals surface area (Å²) in [7, 11) is 1.30. The molecule has 0 aromatic carbocycles. The maximum atomic E-state index is 11.9. The molecule has 0 aromatic heterocycles. The van der Waals surface area contributed by atoms with E-state index in [9.17, 15) is 14.7 Å². The first-order valence-electron chi connectivity index (χ1n) is 7.23. The summed E-state index contributed by atoms with van der Waals surface area (Å²) in [6.45, 7) is 5.42. The summed E-state index contributed by atoms with van der Waals surface area (Å²) in [5.41, 5.74) is 0.577. The monoisotopic (exact) mass is 310 g/mol. The van der Waals surface area contributed by atoms with Crippen LogP contribution in [0.25, 0.3) is 0 Å². The fraction of sp³-hybridized carbons (Fsp3) is 0.625. The van der Waals surface area contributed by atoms with Gasteiger partial charge in [0, 0.05) is 5.92 Å². The van der Waals surface area contributed by atoms with Crippen molar-refractivity contribution in [1.82, 2.24) is 0 Å². The normalized spacial score (nSPS) is 27.2. The van der Waals surface area contributed by atoms with Crippen molar-refractivity contribution in [3.63, 3.8) is 0 Å². The number of methoxy groups -OCH3 is 1. The standard InChI is InChI=1S/C16H22O6/c1-16(2,3)15(19)22-7-9-5-6-10-11(13(17)20-4)8-21-14(18)12(9)10/h5,8,10,12,14,18H,6-7H2,1-4H3/t10-,12-,14-/m1/s1. The number of fused-ring (bicyclic) bond motifs is 1. The van der Waals surface area contributed by atoms with Crippen molar-refractivity contribution in [2.45, 2.75) is 33.5 Å². The number of rotatable bonds is 3. The number of allylic oxidation sites excluding steroid dienone is 1. The van der Waals surface area contributed by atoms with Gasteiger partial charge in [0.2, 0.25) is 6.29 Å². The number of aliphatic hydroxyl groups excluding tert-OH is 1. The van der Waals surface area contributed by atoms with Crippen LogP contribution in [0.3, 0.4) is 0 Å². The van der Waals surface area contributed by atoms with Gasteiger partial charge in [0.25, 0.3) is 0 Å². The zero-order valence-corrected chi connectivity index (χ0v) is 13.3. The lowest BCUT2D eigenvalue weighted by atomic mass is 9.83. The molecular formula is C16H22O6. The van der Waals surface area contributed by atoms with Crippen LogP contribution in [0.15, 0.2) is 23.5 Å². The third-order valence-corrected chi connectivity index (χ3v) is 3.94. The summed E-state index contributed by atoms with van der Waals surface area (Å²) in [5, 5.41) is 10.0. The van der Waals surface area contributed by atoms with Gasteiger partial charge in [-0.05, 0) is 32.8 Å². The highest BCUT2D eigenvalue weighted by Crippen LogP contribution is 2.42. The third-order valence-electron chi connectivity index (χ3n) is 3.94. The van der Waals surface area contributed by atoms with E-state index in [0.29, 0.717) is 12.0 Å². The molecule has 1 N–H and O–H groups in total. The molecule has 0 fully saturated rings. The SMILES string of the molecule is COC(=O)C1=CO[C@@H](O)[C@@H]2C(COC(=O)C(C)(C)C)=CC[C@H]12. The number of carbonyl (C=O) groups is 2. The van der Waals surface area contributed by atoms with Gasteiger partial charge in [-0.3, -0.25) is 4.79 Å². The van der Waals surface area contributed by atoms with Crippen molar-refractivity contribution >= 4 is 11.9 Å². The lowest BCUT2D eigenvalue weighted by molar-refractivity contribution is -0.153. The Bertz CT molecular complexity index is 525. The maximum absolute atomic E-state index is 11.9. The Labute approximate surface area is 129 Å². The van der Waals surface area contributed by atoms with Crippen molar-refractivity contribution in [2.75, 3.05) is 13.7 Å². The molecular weight excluding hydrogens is 288 g/mol. The van der Waals surface area contributed by atoms with E-state index in [-0.39, 0.29) is 18.5 Å². The van der Waals surface area contributed by atoms with Gasteiger partial charge in [-0.15, -0.1) is 0 Å². The van der Waals surface area contributed by atoms with Crippen molar-refractivity contribution in [1.29, 1.82) is 0 Å². The quantitative estimate of drug-likeness (QED) is 0.629. The molecule has 1 aliphatic heterocycles. The topological polar surface area (TPSA) is 82.1 Å². The molecule has 122 valence electrons. The minimum Gasteiger partial charge on any atom is -0.472 e. The molecule has 2 aliphatic rings. The van der Waals surface area contributed by atoms with Crippen LogP contribution < -0.4 is 0 Å². The molecule has 2 rings (SSSR count). The van der Waals surface area contributed by atoms with E-state index in [0.717, 1.165) is 5.57 Å². The fourth-order valence-electron chi connectivity index (χ4n) is 2.67. The molecule has 0 aromatic rings. The predicted molar refractivity (Wildman–Crippen MR) is 77.3 cm³/mol. The van der Waals surface area contributed by atoms with Crippen molar-refractivity contribution in [3.8, 4) is 0 Å². The molecule has 0 spiro atoms. The number of hydrogen-bond acceptors (Lipinski definition) is 6.